The van der Waals surface area contributed by atoms with Crippen molar-refractivity contribution in [2.75, 3.05) is 13.7 Å². The molecule has 0 aromatic heterocycles. The number of hydrogen-bond donors (Lipinski definition) is 1. The molecule has 0 aliphatic rings. The van der Waals surface area contributed by atoms with Gasteiger partial charge in [0.2, 0.25) is 0 Å². The van der Waals surface area contributed by atoms with E-state index in [0.29, 0.717) is 0 Å². The topological polar surface area (TPSA) is 21.3 Å². The molecule has 0 amide bonds. The highest BCUT2D eigenvalue weighted by molar-refractivity contribution is 6.31. The number of ether oxygens (including phenoxy) is 1. The summed E-state index contributed by atoms with van der Waals surface area (Å²) in [4.78, 5) is 0. The van der Waals surface area contributed by atoms with E-state index in [2.05, 4.69) is 26.1 Å². The van der Waals surface area contributed by atoms with Gasteiger partial charge < -0.3 is 10.1 Å². The first-order valence-corrected chi connectivity index (χ1v) is 6.29. The molecule has 0 spiro atoms. The number of rotatable bonds is 4. The van der Waals surface area contributed by atoms with Crippen molar-refractivity contribution in [1.29, 1.82) is 0 Å². The third-order valence-corrected chi connectivity index (χ3v) is 3.02. The van der Waals surface area contributed by atoms with Crippen LogP contribution in [0.1, 0.15) is 31.9 Å². The van der Waals surface area contributed by atoms with Crippen LogP contribution in [0.4, 0.5) is 0 Å². The quantitative estimate of drug-likeness (QED) is 0.888. The van der Waals surface area contributed by atoms with Crippen LogP contribution < -0.4 is 10.1 Å². The smallest absolute Gasteiger partial charge is 0.122 e. The van der Waals surface area contributed by atoms with Crippen LogP contribution in [0.15, 0.2) is 12.1 Å². The standard InChI is InChI=1S/C14H22ClNO/c1-10-8-13(17-5)11(9-12(10)15)6-7-16-14(2,3)4/h8-9,16H,6-7H2,1-5H3. The molecule has 1 rings (SSSR count). The number of aryl methyl sites for hydroxylation is 1. The van der Waals surface area contributed by atoms with Crippen LogP contribution in [-0.2, 0) is 6.42 Å². The molecule has 0 bridgehead atoms. The Morgan fingerprint density at radius 3 is 2.47 bits per heavy atom. The maximum atomic E-state index is 6.14. The van der Waals surface area contributed by atoms with E-state index in [0.717, 1.165) is 34.9 Å². The maximum absolute atomic E-state index is 6.14. The van der Waals surface area contributed by atoms with Gasteiger partial charge >= 0.3 is 0 Å². The van der Waals surface area contributed by atoms with Crippen LogP contribution in [0.3, 0.4) is 0 Å². The van der Waals surface area contributed by atoms with Crippen molar-refractivity contribution in [3.63, 3.8) is 0 Å². The predicted octanol–water partition coefficient (Wildman–Crippen LogP) is 3.59. The average Bonchev–Trinajstić information content (AvgIpc) is 2.21. The van der Waals surface area contributed by atoms with Crippen molar-refractivity contribution < 1.29 is 4.74 Å². The SMILES string of the molecule is COc1cc(C)c(Cl)cc1CCNC(C)(C)C. The Morgan fingerprint density at radius 2 is 1.94 bits per heavy atom. The average molecular weight is 256 g/mol. The van der Waals surface area contributed by atoms with Crippen LogP contribution in [-0.4, -0.2) is 19.2 Å². The van der Waals surface area contributed by atoms with Gasteiger partial charge in [-0.05, 0) is 63.9 Å². The van der Waals surface area contributed by atoms with Crippen LogP contribution in [0.2, 0.25) is 5.02 Å². The summed E-state index contributed by atoms with van der Waals surface area (Å²) in [5.74, 6) is 0.919. The van der Waals surface area contributed by atoms with E-state index < -0.39 is 0 Å². The molecule has 96 valence electrons. The van der Waals surface area contributed by atoms with Crippen LogP contribution in [0, 0.1) is 6.92 Å². The van der Waals surface area contributed by atoms with Crippen molar-refractivity contribution in [2.45, 2.75) is 39.7 Å². The second-order valence-electron chi connectivity index (χ2n) is 5.34. The molecule has 0 fully saturated rings. The zero-order chi connectivity index (χ0) is 13.1. The molecule has 0 saturated carbocycles. The molecule has 17 heavy (non-hydrogen) atoms. The Hall–Kier alpha value is -0.730. The summed E-state index contributed by atoms with van der Waals surface area (Å²) >= 11 is 6.14. The highest BCUT2D eigenvalue weighted by Crippen LogP contribution is 2.26. The van der Waals surface area contributed by atoms with Crippen molar-refractivity contribution in [3.8, 4) is 5.75 Å². The third-order valence-electron chi connectivity index (χ3n) is 2.61. The van der Waals surface area contributed by atoms with E-state index >= 15 is 0 Å². The van der Waals surface area contributed by atoms with Crippen molar-refractivity contribution in [2.24, 2.45) is 0 Å². The highest BCUT2D eigenvalue weighted by Gasteiger charge is 2.10. The number of halogens is 1. The molecule has 0 saturated heterocycles. The van der Waals surface area contributed by atoms with E-state index in [1.165, 1.54) is 0 Å². The van der Waals surface area contributed by atoms with E-state index in [9.17, 15) is 0 Å². The van der Waals surface area contributed by atoms with Gasteiger partial charge in [-0.1, -0.05) is 11.6 Å². The summed E-state index contributed by atoms with van der Waals surface area (Å²) in [5.41, 5.74) is 2.35. The minimum absolute atomic E-state index is 0.141. The lowest BCUT2D eigenvalue weighted by molar-refractivity contribution is 0.402. The molecule has 1 N–H and O–H groups in total. The number of benzene rings is 1. The zero-order valence-electron chi connectivity index (χ0n) is 11.4. The van der Waals surface area contributed by atoms with E-state index in [1.54, 1.807) is 7.11 Å². The van der Waals surface area contributed by atoms with Gasteiger partial charge in [0, 0.05) is 10.6 Å². The van der Waals surface area contributed by atoms with Gasteiger partial charge in [0.15, 0.2) is 0 Å². The molecule has 1 aromatic carbocycles. The lowest BCUT2D eigenvalue weighted by Crippen LogP contribution is -2.37. The van der Waals surface area contributed by atoms with Gasteiger partial charge in [-0.3, -0.25) is 0 Å². The van der Waals surface area contributed by atoms with E-state index in [1.807, 2.05) is 19.1 Å². The van der Waals surface area contributed by atoms with Gasteiger partial charge in [0.1, 0.15) is 5.75 Å². The minimum atomic E-state index is 0.141. The fourth-order valence-electron chi connectivity index (χ4n) is 1.65. The molecule has 0 unspecified atom stereocenters. The number of methoxy groups -OCH3 is 1. The Kier molecular flexibility index (Phi) is 4.84. The first-order valence-electron chi connectivity index (χ1n) is 5.91. The molecule has 2 nitrogen and oxygen atoms in total. The Bertz CT molecular complexity index is 383. The third kappa shape index (κ3) is 4.57. The Balaban J connectivity index is 2.73. The van der Waals surface area contributed by atoms with Crippen LogP contribution in [0.5, 0.6) is 5.75 Å². The van der Waals surface area contributed by atoms with Crippen LogP contribution in [0.25, 0.3) is 0 Å². The first kappa shape index (κ1) is 14.3. The minimum Gasteiger partial charge on any atom is -0.496 e. The lowest BCUT2D eigenvalue weighted by atomic mass is 10.1. The second-order valence-corrected chi connectivity index (χ2v) is 5.75. The van der Waals surface area contributed by atoms with Gasteiger partial charge in [0.25, 0.3) is 0 Å². The summed E-state index contributed by atoms with van der Waals surface area (Å²) in [6.45, 7) is 9.38. The predicted molar refractivity (Wildman–Crippen MR) is 74.2 cm³/mol. The molecule has 0 aliphatic carbocycles. The molecule has 3 heteroatoms. The fraction of sp³-hybridized carbons (Fsp3) is 0.571. The highest BCUT2D eigenvalue weighted by atomic mass is 35.5. The van der Waals surface area contributed by atoms with Gasteiger partial charge in [-0.15, -0.1) is 0 Å². The van der Waals surface area contributed by atoms with E-state index in [-0.39, 0.29) is 5.54 Å². The summed E-state index contributed by atoms with van der Waals surface area (Å²) in [7, 11) is 1.70. The molecule has 0 atom stereocenters. The van der Waals surface area contributed by atoms with Gasteiger partial charge in [0.05, 0.1) is 7.11 Å². The first-order chi connectivity index (χ1) is 7.83. The molecular formula is C14H22ClNO. The number of hydrogen-bond acceptors (Lipinski definition) is 2. The van der Waals surface area contributed by atoms with E-state index in [4.69, 9.17) is 16.3 Å². The molecule has 0 heterocycles. The van der Waals surface area contributed by atoms with Crippen molar-refractivity contribution >= 4 is 11.6 Å². The summed E-state index contributed by atoms with van der Waals surface area (Å²) in [5, 5.41) is 4.26. The van der Waals surface area contributed by atoms with Crippen molar-refractivity contribution in [1.82, 2.24) is 5.32 Å². The second kappa shape index (κ2) is 5.74. The van der Waals surface area contributed by atoms with Crippen molar-refractivity contribution in [3.05, 3.63) is 28.3 Å². The largest absolute Gasteiger partial charge is 0.496 e. The molecule has 0 aliphatic heterocycles. The fourth-order valence-corrected chi connectivity index (χ4v) is 1.84. The normalized spacial score (nSPS) is 11.6. The van der Waals surface area contributed by atoms with Gasteiger partial charge in [-0.25, -0.2) is 0 Å². The summed E-state index contributed by atoms with van der Waals surface area (Å²) in [6.07, 6.45) is 0.917. The zero-order valence-corrected chi connectivity index (χ0v) is 12.1. The summed E-state index contributed by atoms with van der Waals surface area (Å²) < 4.78 is 5.38. The van der Waals surface area contributed by atoms with Crippen LogP contribution >= 0.6 is 11.6 Å². The Labute approximate surface area is 109 Å². The maximum Gasteiger partial charge on any atom is 0.122 e. The molecule has 1 aromatic rings. The molecule has 0 radical (unpaired) electrons. The number of nitrogens with one attached hydrogen (secondary N) is 1. The van der Waals surface area contributed by atoms with Gasteiger partial charge in [-0.2, -0.15) is 0 Å². The Morgan fingerprint density at radius 1 is 1.29 bits per heavy atom. The lowest BCUT2D eigenvalue weighted by Gasteiger charge is -2.21. The summed E-state index contributed by atoms with van der Waals surface area (Å²) in [6, 6.07) is 3.99. The molecular weight excluding hydrogens is 234 g/mol. The monoisotopic (exact) mass is 255 g/mol.